The van der Waals surface area contributed by atoms with Gasteiger partial charge in [-0.1, -0.05) is 22.0 Å². The van der Waals surface area contributed by atoms with Crippen molar-refractivity contribution in [3.8, 4) is 11.4 Å². The molecule has 114 valence electrons. The predicted octanol–water partition coefficient (Wildman–Crippen LogP) is 5.18. The van der Waals surface area contributed by atoms with Crippen molar-refractivity contribution < 1.29 is 17.6 Å². The van der Waals surface area contributed by atoms with Crippen LogP contribution in [0.15, 0.2) is 24.4 Å². The Morgan fingerprint density at radius 3 is 2.48 bits per heavy atom. The van der Waals surface area contributed by atoms with Gasteiger partial charge in [0.2, 0.25) is 0 Å². The van der Waals surface area contributed by atoms with Crippen LogP contribution in [0, 0.1) is 5.82 Å². The molecule has 0 N–H and O–H groups in total. The number of halogens is 5. The normalized spacial score (nSPS) is 13.5. The lowest BCUT2D eigenvalue weighted by Gasteiger charge is -2.09. The molecule has 0 bridgehead atoms. The van der Waals surface area contributed by atoms with Crippen LogP contribution < -0.4 is 0 Å². The van der Waals surface area contributed by atoms with Gasteiger partial charge in [0.15, 0.2) is 5.69 Å². The average molecular weight is 365 g/mol. The zero-order chi connectivity index (χ0) is 15.8. The lowest BCUT2D eigenvalue weighted by atomic mass is 10.1. The van der Waals surface area contributed by atoms with Gasteiger partial charge in [-0.15, -0.1) is 0 Å². The number of hydrogen-bond acceptors (Lipinski definition) is 1. The van der Waals surface area contributed by atoms with Crippen molar-refractivity contribution in [2.24, 2.45) is 0 Å². The second kappa shape index (κ2) is 5.79. The third kappa shape index (κ3) is 3.28. The Balaban J connectivity index is 2.54. The van der Waals surface area contributed by atoms with Gasteiger partial charge in [-0.3, -0.25) is 0 Å². The summed E-state index contributed by atoms with van der Waals surface area (Å²) in [5, 5.41) is 0. The SMILES string of the molecule is CCn1cc(C(F)(F)F)nc1-c1ccc(C(C)Br)cc1F. The van der Waals surface area contributed by atoms with Gasteiger partial charge in [0.05, 0.1) is 5.56 Å². The fourth-order valence-electron chi connectivity index (χ4n) is 1.97. The van der Waals surface area contributed by atoms with Crippen LogP contribution in [0.5, 0.6) is 0 Å². The first-order chi connectivity index (χ1) is 9.74. The molecular formula is C14H13BrF4N2. The maximum Gasteiger partial charge on any atom is 0.434 e. The van der Waals surface area contributed by atoms with Gasteiger partial charge in [0, 0.05) is 17.6 Å². The lowest BCUT2D eigenvalue weighted by Crippen LogP contribution is -2.05. The van der Waals surface area contributed by atoms with Crippen molar-refractivity contribution in [1.82, 2.24) is 9.55 Å². The molecular weight excluding hydrogens is 352 g/mol. The first kappa shape index (κ1) is 16.0. The number of aryl methyl sites for hydroxylation is 1. The molecule has 0 saturated heterocycles. The summed E-state index contributed by atoms with van der Waals surface area (Å²) in [6, 6.07) is 4.42. The van der Waals surface area contributed by atoms with Crippen LogP contribution in [0.3, 0.4) is 0 Å². The smallest absolute Gasteiger partial charge is 0.331 e. The van der Waals surface area contributed by atoms with Crippen molar-refractivity contribution in [2.75, 3.05) is 0 Å². The summed E-state index contributed by atoms with van der Waals surface area (Å²) in [6.45, 7) is 3.79. The molecule has 0 aliphatic heterocycles. The fraction of sp³-hybridized carbons (Fsp3) is 0.357. The number of aromatic nitrogens is 2. The molecule has 0 aliphatic rings. The third-order valence-electron chi connectivity index (χ3n) is 3.10. The summed E-state index contributed by atoms with van der Waals surface area (Å²) >= 11 is 3.32. The highest BCUT2D eigenvalue weighted by Gasteiger charge is 2.35. The molecule has 21 heavy (non-hydrogen) atoms. The zero-order valence-corrected chi connectivity index (χ0v) is 13.0. The van der Waals surface area contributed by atoms with E-state index in [0.717, 1.165) is 6.20 Å². The summed E-state index contributed by atoms with van der Waals surface area (Å²) in [5.41, 5.74) is -0.247. The van der Waals surface area contributed by atoms with Crippen molar-refractivity contribution in [2.45, 2.75) is 31.4 Å². The van der Waals surface area contributed by atoms with Crippen molar-refractivity contribution in [3.05, 3.63) is 41.5 Å². The van der Waals surface area contributed by atoms with E-state index >= 15 is 0 Å². The molecule has 2 nitrogen and oxygen atoms in total. The van der Waals surface area contributed by atoms with Crippen LogP contribution in [0.4, 0.5) is 17.6 Å². The minimum absolute atomic E-state index is 0.0175. The van der Waals surface area contributed by atoms with Gasteiger partial charge in [0.1, 0.15) is 11.6 Å². The molecule has 1 unspecified atom stereocenters. The largest absolute Gasteiger partial charge is 0.434 e. The van der Waals surface area contributed by atoms with E-state index in [0.29, 0.717) is 5.56 Å². The van der Waals surface area contributed by atoms with E-state index in [-0.39, 0.29) is 22.8 Å². The van der Waals surface area contributed by atoms with Crippen LogP contribution in [-0.4, -0.2) is 9.55 Å². The molecule has 7 heteroatoms. The quantitative estimate of drug-likeness (QED) is 0.541. The zero-order valence-electron chi connectivity index (χ0n) is 11.4. The van der Waals surface area contributed by atoms with Gasteiger partial charge in [-0.25, -0.2) is 9.37 Å². The van der Waals surface area contributed by atoms with E-state index in [2.05, 4.69) is 20.9 Å². The molecule has 0 fully saturated rings. The molecule has 1 aromatic heterocycles. The van der Waals surface area contributed by atoms with E-state index in [1.165, 1.54) is 16.7 Å². The van der Waals surface area contributed by atoms with Crippen LogP contribution >= 0.6 is 15.9 Å². The Labute approximate surface area is 127 Å². The minimum atomic E-state index is -4.55. The molecule has 0 radical (unpaired) electrons. The maximum absolute atomic E-state index is 14.2. The molecule has 0 amide bonds. The molecule has 1 heterocycles. The van der Waals surface area contributed by atoms with E-state index < -0.39 is 17.7 Å². The van der Waals surface area contributed by atoms with Crippen LogP contribution in [0.25, 0.3) is 11.4 Å². The Kier molecular flexibility index (Phi) is 4.41. The monoisotopic (exact) mass is 364 g/mol. The van der Waals surface area contributed by atoms with Gasteiger partial charge in [0.25, 0.3) is 0 Å². The average Bonchev–Trinajstić information content (AvgIpc) is 2.82. The lowest BCUT2D eigenvalue weighted by molar-refractivity contribution is -0.140. The molecule has 0 saturated carbocycles. The van der Waals surface area contributed by atoms with E-state index in [9.17, 15) is 17.6 Å². The summed E-state index contributed by atoms with van der Waals surface area (Å²) in [6.07, 6.45) is -3.65. The Morgan fingerprint density at radius 1 is 1.33 bits per heavy atom. The molecule has 2 aromatic rings. The first-order valence-corrected chi connectivity index (χ1v) is 7.23. The summed E-state index contributed by atoms with van der Waals surface area (Å²) in [5.74, 6) is -0.607. The Morgan fingerprint density at radius 2 is 2.00 bits per heavy atom. The molecule has 2 rings (SSSR count). The number of benzene rings is 1. The number of rotatable bonds is 3. The number of alkyl halides is 4. The van der Waals surface area contributed by atoms with Gasteiger partial charge in [-0.05, 0) is 31.5 Å². The molecule has 0 spiro atoms. The summed E-state index contributed by atoms with van der Waals surface area (Å²) < 4.78 is 53.6. The summed E-state index contributed by atoms with van der Waals surface area (Å²) in [4.78, 5) is 3.50. The minimum Gasteiger partial charge on any atom is -0.331 e. The highest BCUT2D eigenvalue weighted by Crippen LogP contribution is 2.33. The van der Waals surface area contributed by atoms with E-state index in [1.54, 1.807) is 13.0 Å². The molecule has 0 aliphatic carbocycles. The summed E-state index contributed by atoms with van der Waals surface area (Å²) in [7, 11) is 0. The van der Waals surface area contributed by atoms with Gasteiger partial charge < -0.3 is 4.57 Å². The van der Waals surface area contributed by atoms with Gasteiger partial charge >= 0.3 is 6.18 Å². The van der Waals surface area contributed by atoms with Crippen LogP contribution in [-0.2, 0) is 12.7 Å². The van der Waals surface area contributed by atoms with E-state index in [4.69, 9.17) is 0 Å². The fourth-order valence-corrected chi connectivity index (χ4v) is 2.25. The Bertz CT molecular complexity index is 647. The third-order valence-corrected chi connectivity index (χ3v) is 3.63. The topological polar surface area (TPSA) is 17.8 Å². The molecule has 1 aromatic carbocycles. The molecule has 1 atom stereocenters. The van der Waals surface area contributed by atoms with Gasteiger partial charge in [-0.2, -0.15) is 13.2 Å². The van der Waals surface area contributed by atoms with Crippen molar-refractivity contribution >= 4 is 15.9 Å². The van der Waals surface area contributed by atoms with Crippen molar-refractivity contribution in [3.63, 3.8) is 0 Å². The predicted molar refractivity (Wildman–Crippen MR) is 75.6 cm³/mol. The number of hydrogen-bond donors (Lipinski definition) is 0. The second-order valence-electron chi connectivity index (χ2n) is 4.59. The number of imidazole rings is 1. The first-order valence-electron chi connectivity index (χ1n) is 6.32. The standard InChI is InChI=1S/C14H13BrF4N2/c1-3-21-7-12(14(17,18)19)20-13(21)10-5-4-9(8(2)15)6-11(10)16/h4-8H,3H2,1-2H3. The van der Waals surface area contributed by atoms with Crippen LogP contribution in [0.1, 0.15) is 29.9 Å². The highest BCUT2D eigenvalue weighted by molar-refractivity contribution is 9.09. The van der Waals surface area contributed by atoms with E-state index in [1.807, 2.05) is 6.92 Å². The maximum atomic E-state index is 14.2. The number of nitrogens with zero attached hydrogens (tertiary/aromatic N) is 2. The second-order valence-corrected chi connectivity index (χ2v) is 5.96. The highest BCUT2D eigenvalue weighted by atomic mass is 79.9. The Hall–Kier alpha value is -1.37. The van der Waals surface area contributed by atoms with Crippen molar-refractivity contribution in [1.29, 1.82) is 0 Å². The van der Waals surface area contributed by atoms with Crippen LogP contribution in [0.2, 0.25) is 0 Å².